The number of hydrogen-bond donors (Lipinski definition) is 0. The molecule has 1 amide bonds. The van der Waals surface area contributed by atoms with Gasteiger partial charge in [-0.25, -0.2) is 4.98 Å². The van der Waals surface area contributed by atoms with Gasteiger partial charge >= 0.3 is 0 Å². The summed E-state index contributed by atoms with van der Waals surface area (Å²) >= 11 is 0. The minimum absolute atomic E-state index is 0.00499. The van der Waals surface area contributed by atoms with Crippen molar-refractivity contribution >= 4 is 16.8 Å². The van der Waals surface area contributed by atoms with Crippen molar-refractivity contribution in [1.82, 2.24) is 19.7 Å². The van der Waals surface area contributed by atoms with Crippen LogP contribution in [0.4, 0.5) is 0 Å². The first-order valence-electron chi connectivity index (χ1n) is 14.0. The van der Waals surface area contributed by atoms with Gasteiger partial charge in [0.25, 0.3) is 0 Å². The van der Waals surface area contributed by atoms with Gasteiger partial charge in [0, 0.05) is 49.3 Å². The fraction of sp³-hybridized carbons (Fsp3) is 0.406. The van der Waals surface area contributed by atoms with Gasteiger partial charge in [0.1, 0.15) is 22.8 Å². The van der Waals surface area contributed by atoms with Gasteiger partial charge in [-0.2, -0.15) is 5.10 Å². The van der Waals surface area contributed by atoms with Crippen molar-refractivity contribution in [2.75, 3.05) is 34.5 Å². The molecule has 0 N–H and O–H groups in total. The Morgan fingerprint density at radius 2 is 1.78 bits per heavy atom. The summed E-state index contributed by atoms with van der Waals surface area (Å²) in [6.07, 6.45) is 2.27. The molecule has 1 aliphatic rings. The number of ether oxygens (including phenoxy) is 4. The molecule has 0 saturated carbocycles. The van der Waals surface area contributed by atoms with Crippen LogP contribution in [0.2, 0.25) is 0 Å². The Bertz CT molecular complexity index is 1530. The number of nitrogens with zero attached hydrogens (tertiary/aromatic N) is 4. The zero-order chi connectivity index (χ0) is 28.9. The highest BCUT2D eigenvalue weighted by Gasteiger charge is 2.26. The van der Waals surface area contributed by atoms with Crippen molar-refractivity contribution in [2.24, 2.45) is 0 Å². The predicted molar refractivity (Wildman–Crippen MR) is 158 cm³/mol. The number of para-hydroxylation sites is 1. The highest BCUT2D eigenvalue weighted by molar-refractivity contribution is 5.93. The summed E-state index contributed by atoms with van der Waals surface area (Å²) in [5, 5.41) is 5.36. The molecule has 1 atom stereocenters. The Hall–Kier alpha value is -4.11. The topological polar surface area (TPSA) is 87.9 Å². The van der Waals surface area contributed by atoms with Crippen molar-refractivity contribution in [3.8, 4) is 28.5 Å². The molecule has 9 nitrogen and oxygen atoms in total. The SMILES string of the molecule is COc1ccccc1-c1nc2c(OC)ccc(OC)c2cc1CN(C[C@H]1CCCO1)C(=O)CCn1nc(C)cc1C. The number of methoxy groups -OCH3 is 3. The van der Waals surface area contributed by atoms with Crippen molar-refractivity contribution in [3.05, 3.63) is 65.5 Å². The van der Waals surface area contributed by atoms with Gasteiger partial charge < -0.3 is 23.8 Å². The van der Waals surface area contributed by atoms with Crippen LogP contribution in [0.3, 0.4) is 0 Å². The number of hydrogen-bond acceptors (Lipinski definition) is 7. The van der Waals surface area contributed by atoms with Gasteiger partial charge in [-0.1, -0.05) is 12.1 Å². The summed E-state index contributed by atoms with van der Waals surface area (Å²) in [7, 11) is 4.92. The molecule has 3 heterocycles. The van der Waals surface area contributed by atoms with Crippen molar-refractivity contribution in [3.63, 3.8) is 0 Å². The molecule has 4 aromatic rings. The van der Waals surface area contributed by atoms with Gasteiger partial charge in [0.15, 0.2) is 0 Å². The van der Waals surface area contributed by atoms with Crippen molar-refractivity contribution in [2.45, 2.75) is 52.3 Å². The molecule has 0 aliphatic carbocycles. The van der Waals surface area contributed by atoms with E-state index in [1.165, 1.54) is 0 Å². The van der Waals surface area contributed by atoms with Gasteiger partial charge in [-0.05, 0) is 68.7 Å². The molecular formula is C32H38N4O5. The highest BCUT2D eigenvalue weighted by Crippen LogP contribution is 2.38. The minimum Gasteiger partial charge on any atom is -0.496 e. The van der Waals surface area contributed by atoms with Crippen LogP contribution < -0.4 is 14.2 Å². The van der Waals surface area contributed by atoms with Gasteiger partial charge in [0.2, 0.25) is 5.91 Å². The quantitative estimate of drug-likeness (QED) is 0.246. The first-order chi connectivity index (χ1) is 19.9. The van der Waals surface area contributed by atoms with E-state index in [4.69, 9.17) is 23.9 Å². The van der Waals surface area contributed by atoms with E-state index in [9.17, 15) is 4.79 Å². The summed E-state index contributed by atoms with van der Waals surface area (Å²) in [6.45, 7) is 6.07. The van der Waals surface area contributed by atoms with Crippen LogP contribution >= 0.6 is 0 Å². The maximum Gasteiger partial charge on any atom is 0.224 e. The van der Waals surface area contributed by atoms with Crippen LogP contribution in [0.25, 0.3) is 22.2 Å². The van der Waals surface area contributed by atoms with Crippen LogP contribution in [0.1, 0.15) is 36.2 Å². The van der Waals surface area contributed by atoms with E-state index in [-0.39, 0.29) is 12.0 Å². The average molecular weight is 559 g/mol. The van der Waals surface area contributed by atoms with E-state index < -0.39 is 0 Å². The second-order valence-electron chi connectivity index (χ2n) is 10.4. The summed E-state index contributed by atoms with van der Waals surface area (Å²) in [4.78, 5) is 20.8. The van der Waals surface area contributed by atoms with Crippen LogP contribution in [-0.4, -0.2) is 66.2 Å². The molecule has 9 heteroatoms. The van der Waals surface area contributed by atoms with Crippen LogP contribution in [-0.2, 0) is 22.6 Å². The number of rotatable bonds is 11. The first kappa shape index (κ1) is 28.4. The second-order valence-corrected chi connectivity index (χ2v) is 10.4. The summed E-state index contributed by atoms with van der Waals surface area (Å²) in [6, 6.07) is 15.6. The Morgan fingerprint density at radius 1 is 1.02 bits per heavy atom. The lowest BCUT2D eigenvalue weighted by atomic mass is 10.0. The maximum absolute atomic E-state index is 13.8. The van der Waals surface area contributed by atoms with Gasteiger partial charge in [-0.3, -0.25) is 9.48 Å². The fourth-order valence-electron chi connectivity index (χ4n) is 5.54. The molecule has 0 spiro atoms. The third kappa shape index (κ3) is 6.15. The molecule has 5 rings (SSSR count). The molecule has 216 valence electrons. The molecule has 1 aliphatic heterocycles. The standard InChI is InChI=1S/C32H38N4O5/c1-21-17-22(2)36(34-21)15-14-30(37)35(20-24-9-8-16-41-24)19-23-18-26-28(39-4)12-13-29(40-5)32(26)33-31(23)25-10-6-7-11-27(25)38-3/h6-7,10-13,17-18,24H,8-9,14-16,19-20H2,1-5H3/t24-/m1/s1. The monoisotopic (exact) mass is 558 g/mol. The number of aromatic nitrogens is 3. The molecule has 41 heavy (non-hydrogen) atoms. The molecule has 0 unspecified atom stereocenters. The Labute approximate surface area is 241 Å². The zero-order valence-corrected chi connectivity index (χ0v) is 24.5. The van der Waals surface area contributed by atoms with Crippen LogP contribution in [0.15, 0.2) is 48.5 Å². The number of carbonyl (C=O) groups is 1. The fourth-order valence-corrected chi connectivity index (χ4v) is 5.54. The lowest BCUT2D eigenvalue weighted by molar-refractivity contribution is -0.133. The van der Waals surface area contributed by atoms with Crippen molar-refractivity contribution < 1.29 is 23.7 Å². The number of carbonyl (C=O) groups excluding carboxylic acids is 1. The molecule has 0 radical (unpaired) electrons. The minimum atomic E-state index is 0.00499. The normalized spacial score (nSPS) is 14.8. The van der Waals surface area contributed by atoms with E-state index in [1.807, 2.05) is 65.9 Å². The number of aryl methyl sites for hydroxylation is 3. The van der Waals surface area contributed by atoms with E-state index in [1.54, 1.807) is 21.3 Å². The van der Waals surface area contributed by atoms with Gasteiger partial charge in [0.05, 0.1) is 38.8 Å². The second kappa shape index (κ2) is 12.6. The zero-order valence-electron chi connectivity index (χ0n) is 24.5. The Balaban J connectivity index is 1.58. The lowest BCUT2D eigenvalue weighted by Crippen LogP contribution is -2.37. The summed E-state index contributed by atoms with van der Waals surface area (Å²) in [5.74, 6) is 2.06. The molecule has 0 bridgehead atoms. The summed E-state index contributed by atoms with van der Waals surface area (Å²) in [5.41, 5.74) is 5.11. The Kier molecular flexibility index (Phi) is 8.73. The van der Waals surface area contributed by atoms with Gasteiger partial charge in [-0.15, -0.1) is 0 Å². The van der Waals surface area contributed by atoms with E-state index in [0.29, 0.717) is 48.8 Å². The largest absolute Gasteiger partial charge is 0.496 e. The first-order valence-corrected chi connectivity index (χ1v) is 14.0. The number of fused-ring (bicyclic) bond motifs is 1. The smallest absolute Gasteiger partial charge is 0.224 e. The van der Waals surface area contributed by atoms with Crippen LogP contribution in [0.5, 0.6) is 17.2 Å². The highest BCUT2D eigenvalue weighted by atomic mass is 16.5. The molecular weight excluding hydrogens is 520 g/mol. The molecule has 2 aromatic heterocycles. The maximum atomic E-state index is 13.8. The molecule has 2 aromatic carbocycles. The predicted octanol–water partition coefficient (Wildman–Crippen LogP) is 5.34. The van der Waals surface area contributed by atoms with E-state index in [0.717, 1.165) is 53.0 Å². The number of pyridine rings is 1. The van der Waals surface area contributed by atoms with Crippen molar-refractivity contribution in [1.29, 1.82) is 0 Å². The summed E-state index contributed by atoms with van der Waals surface area (Å²) < 4.78 is 25.0. The molecule has 1 fully saturated rings. The third-order valence-corrected chi connectivity index (χ3v) is 7.59. The van der Waals surface area contributed by atoms with Crippen LogP contribution in [0, 0.1) is 13.8 Å². The Morgan fingerprint density at radius 3 is 2.46 bits per heavy atom. The van der Waals surface area contributed by atoms with E-state index >= 15 is 0 Å². The number of amides is 1. The van der Waals surface area contributed by atoms with E-state index in [2.05, 4.69) is 11.2 Å². The average Bonchev–Trinajstić information content (AvgIpc) is 3.62. The molecule has 1 saturated heterocycles. The number of benzene rings is 2. The lowest BCUT2D eigenvalue weighted by Gasteiger charge is -2.27. The third-order valence-electron chi connectivity index (χ3n) is 7.59.